The molecular formula is C21H23ClN4. The number of nitrogens with zero attached hydrogens (tertiary/aromatic N) is 2. The molecule has 0 amide bonds. The lowest BCUT2D eigenvalue weighted by molar-refractivity contribution is 0.753. The van der Waals surface area contributed by atoms with Gasteiger partial charge in [0.15, 0.2) is 0 Å². The molecular weight excluding hydrogens is 344 g/mol. The standard InChI is InChI=1S/C21H23ClN4/c1-4-15(3)23-21-25-19(16-8-6-5-7-9-16)13-20(26-21)24-17-10-11-18(22)14(2)12-17/h5-13,15H,4H2,1-3H3,(H2,23,24,25,26)/t15-/m1/s1. The van der Waals surface area contributed by atoms with Crippen LogP contribution in [0.2, 0.25) is 5.02 Å². The van der Waals surface area contributed by atoms with Crippen molar-refractivity contribution >= 4 is 29.1 Å². The van der Waals surface area contributed by atoms with Crippen molar-refractivity contribution in [3.05, 3.63) is 65.2 Å². The minimum Gasteiger partial charge on any atom is -0.352 e. The minimum absolute atomic E-state index is 0.298. The van der Waals surface area contributed by atoms with Crippen LogP contribution in [0.4, 0.5) is 17.5 Å². The number of hydrogen-bond donors (Lipinski definition) is 2. The number of hydrogen-bond acceptors (Lipinski definition) is 4. The van der Waals surface area contributed by atoms with Crippen molar-refractivity contribution in [2.24, 2.45) is 0 Å². The van der Waals surface area contributed by atoms with Crippen molar-refractivity contribution in [2.45, 2.75) is 33.2 Å². The number of nitrogens with one attached hydrogen (secondary N) is 2. The summed E-state index contributed by atoms with van der Waals surface area (Å²) in [4.78, 5) is 9.31. The van der Waals surface area contributed by atoms with Gasteiger partial charge in [0.2, 0.25) is 5.95 Å². The monoisotopic (exact) mass is 366 g/mol. The fourth-order valence-electron chi connectivity index (χ4n) is 2.53. The first-order valence-electron chi connectivity index (χ1n) is 8.79. The molecule has 1 heterocycles. The Hall–Kier alpha value is -2.59. The Kier molecular flexibility index (Phi) is 5.74. The van der Waals surface area contributed by atoms with Crippen molar-refractivity contribution in [1.29, 1.82) is 0 Å². The first-order valence-corrected chi connectivity index (χ1v) is 9.17. The topological polar surface area (TPSA) is 49.8 Å². The number of anilines is 3. The highest BCUT2D eigenvalue weighted by Gasteiger charge is 2.09. The second-order valence-corrected chi connectivity index (χ2v) is 6.78. The molecule has 0 radical (unpaired) electrons. The average Bonchev–Trinajstić information content (AvgIpc) is 2.65. The van der Waals surface area contributed by atoms with Gasteiger partial charge in [0.05, 0.1) is 5.69 Å². The number of rotatable bonds is 6. The van der Waals surface area contributed by atoms with E-state index in [-0.39, 0.29) is 0 Å². The number of aryl methyl sites for hydroxylation is 1. The zero-order chi connectivity index (χ0) is 18.5. The highest BCUT2D eigenvalue weighted by Crippen LogP contribution is 2.26. The molecule has 3 aromatic rings. The lowest BCUT2D eigenvalue weighted by Gasteiger charge is -2.15. The van der Waals surface area contributed by atoms with E-state index in [2.05, 4.69) is 34.4 Å². The molecule has 0 unspecified atom stereocenters. The van der Waals surface area contributed by atoms with Gasteiger partial charge in [-0.15, -0.1) is 0 Å². The van der Waals surface area contributed by atoms with Crippen LogP contribution < -0.4 is 10.6 Å². The summed E-state index contributed by atoms with van der Waals surface area (Å²) in [6.45, 7) is 6.24. The Morgan fingerprint density at radius 2 is 1.81 bits per heavy atom. The fourth-order valence-corrected chi connectivity index (χ4v) is 2.64. The molecule has 0 aliphatic heterocycles. The lowest BCUT2D eigenvalue weighted by Crippen LogP contribution is -2.16. The van der Waals surface area contributed by atoms with E-state index in [0.29, 0.717) is 12.0 Å². The van der Waals surface area contributed by atoms with Crippen molar-refractivity contribution < 1.29 is 0 Å². The van der Waals surface area contributed by atoms with Gasteiger partial charge in [-0.2, -0.15) is 4.98 Å². The number of aromatic nitrogens is 2. The molecule has 2 N–H and O–H groups in total. The number of halogens is 1. The molecule has 0 saturated carbocycles. The fraction of sp³-hybridized carbons (Fsp3) is 0.238. The van der Waals surface area contributed by atoms with E-state index >= 15 is 0 Å². The molecule has 4 nitrogen and oxygen atoms in total. The van der Waals surface area contributed by atoms with Gasteiger partial charge >= 0.3 is 0 Å². The smallest absolute Gasteiger partial charge is 0.225 e. The van der Waals surface area contributed by atoms with E-state index in [1.165, 1.54) is 0 Å². The summed E-state index contributed by atoms with van der Waals surface area (Å²) in [6, 6.07) is 18.2. The van der Waals surface area contributed by atoms with E-state index < -0.39 is 0 Å². The molecule has 1 aromatic heterocycles. The molecule has 0 spiro atoms. The summed E-state index contributed by atoms with van der Waals surface area (Å²) in [5, 5.41) is 7.48. The van der Waals surface area contributed by atoms with E-state index in [1.807, 2.05) is 61.5 Å². The SMILES string of the molecule is CC[C@@H](C)Nc1nc(Nc2ccc(Cl)c(C)c2)cc(-c2ccccc2)n1. The van der Waals surface area contributed by atoms with Crippen molar-refractivity contribution in [1.82, 2.24) is 9.97 Å². The Morgan fingerprint density at radius 1 is 1.04 bits per heavy atom. The van der Waals surface area contributed by atoms with Crippen LogP contribution in [0, 0.1) is 6.92 Å². The summed E-state index contributed by atoms with van der Waals surface area (Å²) in [5.41, 5.74) is 3.89. The quantitative estimate of drug-likeness (QED) is 0.556. The summed E-state index contributed by atoms with van der Waals surface area (Å²) in [6.07, 6.45) is 0.998. The second-order valence-electron chi connectivity index (χ2n) is 6.37. The van der Waals surface area contributed by atoms with Crippen LogP contribution >= 0.6 is 11.6 Å². The van der Waals surface area contributed by atoms with Gasteiger partial charge in [-0.1, -0.05) is 48.9 Å². The summed E-state index contributed by atoms with van der Waals surface area (Å²) in [7, 11) is 0. The minimum atomic E-state index is 0.298. The largest absolute Gasteiger partial charge is 0.352 e. The van der Waals surface area contributed by atoms with Crippen molar-refractivity contribution in [2.75, 3.05) is 10.6 Å². The van der Waals surface area contributed by atoms with Crippen LogP contribution in [0.3, 0.4) is 0 Å². The molecule has 0 saturated heterocycles. The number of benzene rings is 2. The van der Waals surface area contributed by atoms with E-state index in [9.17, 15) is 0 Å². The van der Waals surface area contributed by atoms with Crippen LogP contribution in [0.15, 0.2) is 54.6 Å². The predicted octanol–water partition coefficient (Wildman–Crippen LogP) is 6.06. The van der Waals surface area contributed by atoms with Gasteiger partial charge in [-0.25, -0.2) is 4.98 Å². The third-order valence-corrected chi connectivity index (χ3v) is 4.64. The highest BCUT2D eigenvalue weighted by molar-refractivity contribution is 6.31. The third kappa shape index (κ3) is 4.52. The first kappa shape index (κ1) is 18.2. The van der Waals surface area contributed by atoms with E-state index in [1.54, 1.807) is 0 Å². The second kappa shape index (κ2) is 8.19. The molecule has 2 aromatic carbocycles. The zero-order valence-corrected chi connectivity index (χ0v) is 16.0. The van der Waals surface area contributed by atoms with E-state index in [4.69, 9.17) is 11.6 Å². The normalized spacial score (nSPS) is 11.8. The Bertz CT molecular complexity index is 880. The maximum Gasteiger partial charge on any atom is 0.225 e. The zero-order valence-electron chi connectivity index (χ0n) is 15.3. The van der Waals surface area contributed by atoms with Gasteiger partial charge in [-0.05, 0) is 44.0 Å². The average molecular weight is 367 g/mol. The molecule has 0 bridgehead atoms. The van der Waals surface area contributed by atoms with Crippen LogP contribution in [0.25, 0.3) is 11.3 Å². The summed E-state index contributed by atoms with van der Waals surface area (Å²) in [5.74, 6) is 1.36. The molecule has 134 valence electrons. The molecule has 3 rings (SSSR count). The lowest BCUT2D eigenvalue weighted by atomic mass is 10.1. The maximum atomic E-state index is 6.12. The first-order chi connectivity index (χ1) is 12.5. The molecule has 26 heavy (non-hydrogen) atoms. The molecule has 1 atom stereocenters. The van der Waals surface area contributed by atoms with Gasteiger partial charge in [0.25, 0.3) is 0 Å². The van der Waals surface area contributed by atoms with Crippen molar-refractivity contribution in [3.8, 4) is 11.3 Å². The molecule has 5 heteroatoms. The summed E-state index contributed by atoms with van der Waals surface area (Å²) < 4.78 is 0. The van der Waals surface area contributed by atoms with Gasteiger partial charge in [0, 0.05) is 28.4 Å². The van der Waals surface area contributed by atoms with Crippen LogP contribution in [0.5, 0.6) is 0 Å². The highest BCUT2D eigenvalue weighted by atomic mass is 35.5. The van der Waals surface area contributed by atoms with Crippen molar-refractivity contribution in [3.63, 3.8) is 0 Å². The van der Waals surface area contributed by atoms with Gasteiger partial charge in [0.1, 0.15) is 5.82 Å². The van der Waals surface area contributed by atoms with Gasteiger partial charge in [-0.3, -0.25) is 0 Å². The summed E-state index contributed by atoms with van der Waals surface area (Å²) >= 11 is 6.12. The molecule has 0 aliphatic rings. The van der Waals surface area contributed by atoms with Crippen LogP contribution in [-0.2, 0) is 0 Å². The van der Waals surface area contributed by atoms with Crippen LogP contribution in [-0.4, -0.2) is 16.0 Å². The maximum absolute atomic E-state index is 6.12. The molecule has 0 fully saturated rings. The van der Waals surface area contributed by atoms with Gasteiger partial charge < -0.3 is 10.6 Å². The Balaban J connectivity index is 1.97. The third-order valence-electron chi connectivity index (χ3n) is 4.21. The van der Waals surface area contributed by atoms with Crippen LogP contribution in [0.1, 0.15) is 25.8 Å². The van der Waals surface area contributed by atoms with E-state index in [0.717, 1.165) is 39.8 Å². The Labute approximate surface area is 159 Å². The molecule has 0 aliphatic carbocycles. The Morgan fingerprint density at radius 3 is 2.50 bits per heavy atom. The predicted molar refractivity (Wildman–Crippen MR) is 110 cm³/mol.